The third-order valence-corrected chi connectivity index (χ3v) is 9.37. The summed E-state index contributed by atoms with van der Waals surface area (Å²) in [6, 6.07) is 10.3. The second-order valence-electron chi connectivity index (χ2n) is 11.0. The molecule has 0 radical (unpaired) electrons. The van der Waals surface area contributed by atoms with Gasteiger partial charge in [0.2, 0.25) is 21.8 Å². The highest BCUT2D eigenvalue weighted by atomic mass is 79.9. The summed E-state index contributed by atoms with van der Waals surface area (Å²) in [5.74, 6) is -0.852. The van der Waals surface area contributed by atoms with Gasteiger partial charge in [0, 0.05) is 34.0 Å². The number of benzene rings is 2. The predicted octanol–water partition coefficient (Wildman–Crippen LogP) is 3.85. The lowest BCUT2D eigenvalue weighted by Gasteiger charge is -2.30. The van der Waals surface area contributed by atoms with Crippen molar-refractivity contribution >= 4 is 53.7 Å². The average molecular weight is 733 g/mol. The van der Waals surface area contributed by atoms with Gasteiger partial charge in [-0.05, 0) is 74.5 Å². The molecule has 2 amide bonds. The van der Waals surface area contributed by atoms with Gasteiger partial charge in [-0.2, -0.15) is 0 Å². The van der Waals surface area contributed by atoms with E-state index in [1.807, 2.05) is 24.3 Å². The van der Waals surface area contributed by atoms with E-state index in [0.717, 1.165) is 42.2 Å². The molecular formula is C29H37Br2FN4O5S. The highest BCUT2D eigenvalue weighted by Gasteiger charge is 2.42. The fourth-order valence-corrected chi connectivity index (χ4v) is 6.99. The van der Waals surface area contributed by atoms with Crippen molar-refractivity contribution in [2.24, 2.45) is 5.92 Å². The molecule has 2 aliphatic heterocycles. The van der Waals surface area contributed by atoms with Gasteiger partial charge in [0.15, 0.2) is 0 Å². The van der Waals surface area contributed by atoms with Crippen molar-refractivity contribution in [3.8, 4) is 0 Å². The third kappa shape index (κ3) is 9.81. The fraction of sp³-hybridized carbons (Fsp3) is 0.517. The van der Waals surface area contributed by atoms with E-state index in [1.165, 1.54) is 11.0 Å². The Morgan fingerprint density at radius 3 is 2.57 bits per heavy atom. The number of hydrogen-bond acceptors (Lipinski definition) is 6. The van der Waals surface area contributed by atoms with Gasteiger partial charge in [0.05, 0.1) is 19.0 Å². The number of rotatable bonds is 12. The lowest BCUT2D eigenvalue weighted by atomic mass is 9.91. The summed E-state index contributed by atoms with van der Waals surface area (Å²) in [5, 5.41) is 6.23. The van der Waals surface area contributed by atoms with Gasteiger partial charge < -0.3 is 20.3 Å². The van der Waals surface area contributed by atoms with Crippen molar-refractivity contribution in [2.45, 2.75) is 63.4 Å². The van der Waals surface area contributed by atoms with Crippen LogP contribution in [0.3, 0.4) is 0 Å². The summed E-state index contributed by atoms with van der Waals surface area (Å²) in [6.07, 6.45) is 3.64. The number of amides is 2. The van der Waals surface area contributed by atoms with Crippen LogP contribution in [0.4, 0.5) is 4.39 Å². The summed E-state index contributed by atoms with van der Waals surface area (Å²) in [4.78, 5) is 28.8. The number of sulfonamides is 1. The van der Waals surface area contributed by atoms with E-state index in [0.29, 0.717) is 28.8 Å². The SMILES string of the molecule is CS(=O)(=O)N[C@H](CCC1CCNCC1)C(=O)N1C[C@H](OCc2ccc(Br)cc2F)C[C@@H]1C(=O)NCc1cccc(Br)c1. The van der Waals surface area contributed by atoms with E-state index in [4.69, 9.17) is 4.74 Å². The molecule has 2 fully saturated rings. The van der Waals surface area contributed by atoms with Crippen molar-refractivity contribution in [1.82, 2.24) is 20.3 Å². The number of hydrogen-bond donors (Lipinski definition) is 3. The van der Waals surface area contributed by atoms with Crippen LogP contribution in [0.1, 0.15) is 43.2 Å². The van der Waals surface area contributed by atoms with E-state index in [-0.39, 0.29) is 32.0 Å². The van der Waals surface area contributed by atoms with Crippen LogP contribution in [0.5, 0.6) is 0 Å². The standard InChI is InChI=1S/C29H37Br2FN4O5S/c1-42(39,40)35-26(8-5-19-9-11-33-12-10-19)29(38)36-17-24(41-18-21-6-7-23(31)14-25(21)32)15-27(36)28(37)34-16-20-3-2-4-22(30)13-20/h2-4,6-7,13-14,19,24,26-27,33,35H,5,8-12,15-18H2,1H3,(H,34,37)/t24-,26-,27-/m1/s1. The first kappa shape index (κ1) is 33.0. The Balaban J connectivity index is 1.50. The van der Waals surface area contributed by atoms with Crippen LogP contribution in [-0.4, -0.2) is 69.2 Å². The average Bonchev–Trinajstić information content (AvgIpc) is 3.37. The fourth-order valence-electron chi connectivity index (χ4n) is 5.47. The van der Waals surface area contributed by atoms with Crippen molar-refractivity contribution in [3.63, 3.8) is 0 Å². The number of ether oxygens (including phenoxy) is 1. The maximum Gasteiger partial charge on any atom is 0.243 e. The van der Waals surface area contributed by atoms with Crippen LogP contribution in [0.15, 0.2) is 51.4 Å². The zero-order chi connectivity index (χ0) is 30.3. The van der Waals surface area contributed by atoms with Crippen LogP contribution in [0, 0.1) is 11.7 Å². The molecule has 9 nitrogen and oxygen atoms in total. The normalized spacial score (nSPS) is 20.4. The molecule has 4 rings (SSSR count). The Labute approximate surface area is 263 Å². The largest absolute Gasteiger partial charge is 0.371 e. The smallest absolute Gasteiger partial charge is 0.243 e. The maximum atomic E-state index is 14.4. The minimum absolute atomic E-state index is 0.0288. The summed E-state index contributed by atoms with van der Waals surface area (Å²) in [5.41, 5.74) is 1.24. The molecule has 2 heterocycles. The number of nitrogens with zero attached hydrogens (tertiary/aromatic N) is 1. The third-order valence-electron chi connectivity index (χ3n) is 7.67. The van der Waals surface area contributed by atoms with Gasteiger partial charge >= 0.3 is 0 Å². The highest BCUT2D eigenvalue weighted by Crippen LogP contribution is 2.26. The van der Waals surface area contributed by atoms with E-state index < -0.39 is 39.9 Å². The number of carbonyl (C=O) groups is 2. The summed E-state index contributed by atoms with van der Waals surface area (Å²) in [6.45, 7) is 2.10. The number of piperidine rings is 1. The number of halogens is 3. The van der Waals surface area contributed by atoms with Crippen molar-refractivity contribution in [3.05, 3.63) is 68.4 Å². The lowest BCUT2D eigenvalue weighted by Crippen LogP contribution is -2.53. The van der Waals surface area contributed by atoms with Gasteiger partial charge in [-0.3, -0.25) is 9.59 Å². The molecule has 0 unspecified atom stereocenters. The molecule has 2 saturated heterocycles. The number of likely N-dealkylation sites (tertiary alicyclic amines) is 1. The quantitative estimate of drug-likeness (QED) is 0.306. The highest BCUT2D eigenvalue weighted by molar-refractivity contribution is 9.10. The molecule has 13 heteroatoms. The van der Waals surface area contributed by atoms with E-state index in [2.05, 4.69) is 47.2 Å². The van der Waals surface area contributed by atoms with Crippen molar-refractivity contribution in [1.29, 1.82) is 0 Å². The first-order valence-electron chi connectivity index (χ1n) is 14.0. The second-order valence-corrected chi connectivity index (χ2v) is 14.6. The minimum Gasteiger partial charge on any atom is -0.371 e. The molecule has 0 aliphatic carbocycles. The predicted molar refractivity (Wildman–Crippen MR) is 165 cm³/mol. The molecule has 2 aromatic carbocycles. The lowest BCUT2D eigenvalue weighted by molar-refractivity contribution is -0.140. The molecule has 2 aliphatic rings. The Kier molecular flexibility index (Phi) is 11.9. The van der Waals surface area contributed by atoms with Gasteiger partial charge in [-0.25, -0.2) is 17.5 Å². The molecule has 42 heavy (non-hydrogen) atoms. The zero-order valence-electron chi connectivity index (χ0n) is 23.5. The summed E-state index contributed by atoms with van der Waals surface area (Å²) >= 11 is 6.67. The van der Waals surface area contributed by atoms with E-state index in [9.17, 15) is 22.4 Å². The van der Waals surface area contributed by atoms with Crippen LogP contribution in [-0.2, 0) is 37.5 Å². The van der Waals surface area contributed by atoms with Gasteiger partial charge in [0.1, 0.15) is 17.9 Å². The van der Waals surface area contributed by atoms with Gasteiger partial charge in [-0.1, -0.05) is 50.1 Å². The van der Waals surface area contributed by atoms with Crippen molar-refractivity contribution < 1.29 is 27.1 Å². The van der Waals surface area contributed by atoms with Crippen LogP contribution in [0.25, 0.3) is 0 Å². The molecule has 230 valence electrons. The summed E-state index contributed by atoms with van der Waals surface area (Å²) in [7, 11) is -3.70. The Morgan fingerprint density at radius 2 is 1.88 bits per heavy atom. The second kappa shape index (κ2) is 15.2. The molecule has 0 saturated carbocycles. The first-order chi connectivity index (χ1) is 20.0. The van der Waals surface area contributed by atoms with E-state index in [1.54, 1.807) is 12.1 Å². The minimum atomic E-state index is -3.70. The molecule has 3 N–H and O–H groups in total. The molecular weight excluding hydrogens is 695 g/mol. The monoisotopic (exact) mass is 730 g/mol. The van der Waals surface area contributed by atoms with Crippen LogP contribution < -0.4 is 15.4 Å². The molecule has 3 atom stereocenters. The van der Waals surface area contributed by atoms with Crippen molar-refractivity contribution in [2.75, 3.05) is 25.9 Å². The molecule has 0 aromatic heterocycles. The van der Waals surface area contributed by atoms with Gasteiger partial charge in [-0.15, -0.1) is 0 Å². The van der Waals surface area contributed by atoms with Crippen LogP contribution in [0.2, 0.25) is 0 Å². The summed E-state index contributed by atoms with van der Waals surface area (Å²) < 4.78 is 48.9. The number of nitrogens with one attached hydrogen (secondary N) is 3. The Hall–Kier alpha value is -1.90. The molecule has 2 aromatic rings. The number of carbonyl (C=O) groups excluding carboxylic acids is 2. The van der Waals surface area contributed by atoms with Gasteiger partial charge in [0.25, 0.3) is 0 Å². The van der Waals surface area contributed by atoms with Crippen LogP contribution >= 0.6 is 31.9 Å². The molecule has 0 spiro atoms. The topological polar surface area (TPSA) is 117 Å². The van der Waals surface area contributed by atoms with E-state index >= 15 is 0 Å². The maximum absolute atomic E-state index is 14.4. The Bertz CT molecular complexity index is 1360. The Morgan fingerprint density at radius 1 is 1.14 bits per heavy atom. The first-order valence-corrected chi connectivity index (χ1v) is 17.5. The molecule has 0 bridgehead atoms. The zero-order valence-corrected chi connectivity index (χ0v) is 27.4.